The highest BCUT2D eigenvalue weighted by Crippen LogP contribution is 2.34. The molecule has 15 nitrogen and oxygen atoms in total. The summed E-state index contributed by atoms with van der Waals surface area (Å²) in [5.74, 6) is 5.76. The van der Waals surface area contributed by atoms with Crippen LogP contribution in [0.15, 0.2) is 41.3 Å². The van der Waals surface area contributed by atoms with Gasteiger partial charge in [0.1, 0.15) is 18.4 Å². The summed E-state index contributed by atoms with van der Waals surface area (Å²) in [6.45, 7) is 7.77. The Labute approximate surface area is 365 Å². The first kappa shape index (κ1) is 43.8. The smallest absolute Gasteiger partial charge is 0.329 e. The van der Waals surface area contributed by atoms with Crippen LogP contribution < -0.4 is 31.5 Å². The summed E-state index contributed by atoms with van der Waals surface area (Å²) in [6, 6.07) is 8.16. The van der Waals surface area contributed by atoms with Crippen molar-refractivity contribution in [3.05, 3.63) is 63.7 Å². The highest BCUT2D eigenvalue weighted by atomic mass is 19.1. The van der Waals surface area contributed by atoms with Gasteiger partial charge in [-0.1, -0.05) is 24.8 Å². The van der Waals surface area contributed by atoms with E-state index in [1.807, 2.05) is 19.1 Å². The third kappa shape index (κ3) is 9.31. The van der Waals surface area contributed by atoms with E-state index in [0.29, 0.717) is 40.6 Å². The van der Waals surface area contributed by atoms with E-state index in [4.69, 9.17) is 15.2 Å². The Bertz CT molecular complexity index is 2530. The van der Waals surface area contributed by atoms with Crippen molar-refractivity contribution in [3.63, 3.8) is 0 Å². The van der Waals surface area contributed by atoms with Crippen molar-refractivity contribution in [1.82, 2.24) is 34.6 Å². The fourth-order valence-electron chi connectivity index (χ4n) is 9.92. The van der Waals surface area contributed by atoms with Gasteiger partial charge in [-0.2, -0.15) is 0 Å². The monoisotopic (exact) mass is 864 g/mol. The molecule has 2 aromatic heterocycles. The first-order chi connectivity index (χ1) is 30.4. The van der Waals surface area contributed by atoms with Gasteiger partial charge in [0.2, 0.25) is 17.7 Å². The zero-order chi connectivity index (χ0) is 44.4. The molecule has 0 aliphatic carbocycles. The molecule has 4 atom stereocenters. The minimum Gasteiger partial charge on any atom is -0.496 e. The lowest BCUT2D eigenvalue weighted by Gasteiger charge is -2.33. The second kappa shape index (κ2) is 18.9. The molecule has 4 saturated heterocycles. The molecule has 4 aliphatic rings. The molecule has 6 heterocycles. The van der Waals surface area contributed by atoms with Gasteiger partial charge in [0.15, 0.2) is 6.17 Å². The van der Waals surface area contributed by atoms with E-state index in [2.05, 4.69) is 43.3 Å². The number of likely N-dealkylation sites (tertiary alicyclic amines) is 2. The van der Waals surface area contributed by atoms with E-state index in [1.54, 1.807) is 29.9 Å². The Hall–Kier alpha value is -5.79. The number of primary amides is 1. The molecule has 63 heavy (non-hydrogen) atoms. The number of fused-ring (bicyclic) bond motifs is 2. The summed E-state index contributed by atoms with van der Waals surface area (Å²) in [5, 5.41) is 6.28. The van der Waals surface area contributed by atoms with Gasteiger partial charge in [0.25, 0.3) is 11.8 Å². The van der Waals surface area contributed by atoms with Gasteiger partial charge >= 0.3 is 5.69 Å². The summed E-state index contributed by atoms with van der Waals surface area (Å²) >= 11 is 0. The molecular weight excluding hydrogens is 808 g/mol. The van der Waals surface area contributed by atoms with Crippen LogP contribution in [0.5, 0.6) is 11.6 Å². The minimum atomic E-state index is -1.58. The second-order valence-electron chi connectivity index (χ2n) is 17.6. The number of benzene rings is 2. The zero-order valence-electron chi connectivity index (χ0n) is 36.3. The van der Waals surface area contributed by atoms with Crippen LogP contribution in [0.2, 0.25) is 0 Å². The van der Waals surface area contributed by atoms with Gasteiger partial charge in [-0.05, 0) is 120 Å². The normalized spacial score (nSPS) is 22.8. The number of aromatic nitrogens is 3. The number of ether oxygens (including phenoxy) is 2. The third-order valence-electron chi connectivity index (χ3n) is 13.7. The third-order valence-corrected chi connectivity index (χ3v) is 13.7. The highest BCUT2D eigenvalue weighted by Gasteiger charge is 2.42. The van der Waals surface area contributed by atoms with Crippen LogP contribution in [0.4, 0.5) is 4.39 Å². The molecule has 4 N–H and O–H groups in total. The highest BCUT2D eigenvalue weighted by molar-refractivity contribution is 6.03. The molecule has 4 aliphatic heterocycles. The van der Waals surface area contributed by atoms with Crippen molar-refractivity contribution in [2.24, 2.45) is 30.5 Å². The second-order valence-corrected chi connectivity index (χ2v) is 17.6. The van der Waals surface area contributed by atoms with Crippen LogP contribution in [-0.4, -0.2) is 106 Å². The number of hydrogen-bond acceptors (Lipinski definition) is 10. The molecule has 0 radical (unpaired) electrons. The molecule has 8 rings (SSSR count). The SMILES string of the molecule is CC[C@@H]1[C@H](F)C(=O)N[C@@H]1COc1ncc(C#CC2CCN(CCCC3CCN(Cc4ccc5c(c4)n(C)c(=O)n5C4CCC(=O)NC4=O)CC3)CC2)c2cc(C(N)=O)c(OC)cc12. The maximum absolute atomic E-state index is 14.4. The standard InChI is InChI=1S/C47H57FN8O7/c1-4-32-36(51-45(60)42(32)48)27-63-46-34-24-40(62-3)35(43(49)58)23-33(34)31(25-50-46)9-7-29-13-18-54(19-14-29)17-5-6-28-15-20-55(21-16-28)26-30-8-10-37-39(22-30)53(2)47(61)56(37)38-11-12-41(57)52-44(38)59/h8,10,22-25,28-29,32,36,38,42H,4-6,11-21,26-27H2,1-3H3,(H2,49,58)(H,51,60)(H,52,57,59)/t32-,36+,38?,42-/m0/s1. The molecule has 2 aromatic carbocycles. The summed E-state index contributed by atoms with van der Waals surface area (Å²) < 4.78 is 29.1. The van der Waals surface area contributed by atoms with Gasteiger partial charge in [-0.15, -0.1) is 0 Å². The van der Waals surface area contributed by atoms with E-state index in [9.17, 15) is 28.4 Å². The van der Waals surface area contributed by atoms with Crippen molar-refractivity contribution >= 4 is 45.4 Å². The number of piperidine rings is 3. The molecule has 4 amide bonds. The Morgan fingerprint density at radius 2 is 1.73 bits per heavy atom. The van der Waals surface area contributed by atoms with Crippen LogP contribution in [-0.2, 0) is 28.0 Å². The number of nitrogens with zero attached hydrogens (tertiary/aromatic N) is 5. The van der Waals surface area contributed by atoms with E-state index in [-0.39, 0.29) is 47.7 Å². The maximum atomic E-state index is 14.4. The average molecular weight is 865 g/mol. The largest absolute Gasteiger partial charge is 0.496 e. The molecule has 0 bridgehead atoms. The summed E-state index contributed by atoms with van der Waals surface area (Å²) in [4.78, 5) is 71.4. The van der Waals surface area contributed by atoms with Gasteiger partial charge in [-0.25, -0.2) is 14.2 Å². The van der Waals surface area contributed by atoms with Crippen LogP contribution in [0.3, 0.4) is 0 Å². The Kier molecular flexibility index (Phi) is 13.2. The minimum absolute atomic E-state index is 0.0355. The summed E-state index contributed by atoms with van der Waals surface area (Å²) in [5.41, 5.74) is 8.94. The quantitative estimate of drug-likeness (QED) is 0.131. The average Bonchev–Trinajstić information content (AvgIpc) is 3.70. The number of nitrogens with two attached hydrogens (primary N) is 1. The predicted octanol–water partition coefficient (Wildman–Crippen LogP) is 3.97. The Morgan fingerprint density at radius 1 is 0.968 bits per heavy atom. The number of pyridine rings is 1. The number of rotatable bonds is 13. The van der Waals surface area contributed by atoms with Gasteiger partial charge in [0, 0.05) is 48.8 Å². The number of aryl methyl sites for hydroxylation is 1. The molecule has 4 fully saturated rings. The number of carbonyl (C=O) groups is 4. The van der Waals surface area contributed by atoms with Crippen molar-refractivity contribution in [2.45, 2.75) is 89.5 Å². The summed E-state index contributed by atoms with van der Waals surface area (Å²) in [7, 11) is 3.18. The lowest BCUT2D eigenvalue weighted by Crippen LogP contribution is -2.44. The van der Waals surface area contributed by atoms with E-state index in [0.717, 1.165) is 82.5 Å². The zero-order valence-corrected chi connectivity index (χ0v) is 36.3. The fraction of sp³-hybridized carbons (Fsp3) is 0.532. The number of imidazole rings is 1. The van der Waals surface area contributed by atoms with Crippen LogP contribution in [0.1, 0.15) is 92.2 Å². The Balaban J connectivity index is 0.812. The van der Waals surface area contributed by atoms with Gasteiger partial charge in [0.05, 0.1) is 35.3 Å². The van der Waals surface area contributed by atoms with Gasteiger partial charge in [-0.3, -0.25) is 38.5 Å². The first-order valence-corrected chi connectivity index (χ1v) is 22.3. The van der Waals surface area contributed by atoms with E-state index >= 15 is 0 Å². The predicted molar refractivity (Wildman–Crippen MR) is 235 cm³/mol. The van der Waals surface area contributed by atoms with Crippen molar-refractivity contribution in [3.8, 4) is 23.5 Å². The number of alkyl halides is 1. The number of halogens is 1. The van der Waals surface area contributed by atoms with Crippen molar-refractivity contribution in [2.75, 3.05) is 46.4 Å². The summed E-state index contributed by atoms with van der Waals surface area (Å²) in [6.07, 6.45) is 7.66. The van der Waals surface area contributed by atoms with Gasteiger partial charge < -0.3 is 25.4 Å². The van der Waals surface area contributed by atoms with Crippen LogP contribution >= 0.6 is 0 Å². The molecule has 334 valence electrons. The lowest BCUT2D eigenvalue weighted by molar-refractivity contribution is -0.135. The topological polar surface area (TPSA) is 183 Å². The number of hydrogen-bond donors (Lipinski definition) is 3. The Morgan fingerprint density at radius 3 is 2.44 bits per heavy atom. The molecule has 0 saturated carbocycles. The molecule has 4 aromatic rings. The molecule has 16 heteroatoms. The first-order valence-electron chi connectivity index (χ1n) is 22.3. The number of nitrogens with one attached hydrogen (secondary N) is 2. The van der Waals surface area contributed by atoms with Crippen molar-refractivity contribution in [1.29, 1.82) is 0 Å². The van der Waals surface area contributed by atoms with Crippen LogP contribution in [0.25, 0.3) is 21.8 Å². The number of imide groups is 1. The van der Waals surface area contributed by atoms with Crippen LogP contribution in [0, 0.1) is 29.6 Å². The molecule has 1 unspecified atom stereocenters. The lowest BCUT2D eigenvalue weighted by atomic mass is 9.91. The maximum Gasteiger partial charge on any atom is 0.329 e. The van der Waals surface area contributed by atoms with Crippen molar-refractivity contribution < 1.29 is 33.0 Å². The molecule has 0 spiro atoms. The fourth-order valence-corrected chi connectivity index (χ4v) is 9.92. The number of amides is 4. The van der Waals surface area contributed by atoms with E-state index < -0.39 is 41.9 Å². The number of carbonyl (C=O) groups excluding carboxylic acids is 4. The van der Waals surface area contributed by atoms with E-state index in [1.165, 1.54) is 18.1 Å². The molecular formula is C47H57FN8O7. The number of methoxy groups -OCH3 is 1.